The molecule has 114 valence electrons. The minimum atomic E-state index is -0.291. The van der Waals surface area contributed by atoms with Crippen LogP contribution in [0.25, 0.3) is 0 Å². The molecule has 8 heteroatoms. The zero-order valence-corrected chi connectivity index (χ0v) is 12.5. The first-order valence-electron chi connectivity index (χ1n) is 7.16. The molecule has 2 fully saturated rings. The summed E-state index contributed by atoms with van der Waals surface area (Å²) in [5.41, 5.74) is 11.7. The van der Waals surface area contributed by atoms with Crippen LogP contribution in [-0.2, 0) is 4.79 Å². The maximum Gasteiger partial charge on any atom is 0.258 e. The van der Waals surface area contributed by atoms with Crippen molar-refractivity contribution in [3.63, 3.8) is 0 Å². The molecule has 1 aromatic heterocycles. The van der Waals surface area contributed by atoms with Crippen molar-refractivity contribution in [3.05, 3.63) is 5.56 Å². The first-order valence-corrected chi connectivity index (χ1v) is 7.94. The van der Waals surface area contributed by atoms with Gasteiger partial charge in [-0.3, -0.25) is 9.59 Å². The van der Waals surface area contributed by atoms with E-state index in [0.29, 0.717) is 12.1 Å². The molecule has 1 aromatic rings. The number of carbonyl (C=O) groups excluding carboxylic acids is 2. The fourth-order valence-corrected chi connectivity index (χ4v) is 3.45. The largest absolute Gasteiger partial charge is 0.382 e. The van der Waals surface area contributed by atoms with Crippen molar-refractivity contribution in [2.75, 3.05) is 23.7 Å². The molecule has 1 unspecified atom stereocenters. The molecule has 1 aliphatic heterocycles. The molecule has 0 spiro atoms. The van der Waals surface area contributed by atoms with Gasteiger partial charge in [0.2, 0.25) is 5.91 Å². The quantitative estimate of drug-likeness (QED) is 0.741. The van der Waals surface area contributed by atoms with Crippen molar-refractivity contribution in [3.8, 4) is 0 Å². The van der Waals surface area contributed by atoms with Gasteiger partial charge in [0.1, 0.15) is 10.6 Å². The Morgan fingerprint density at radius 2 is 2.10 bits per heavy atom. The molecule has 0 radical (unpaired) electrons. The first kappa shape index (κ1) is 14.1. The SMILES string of the molecule is NC(=O)C1CCCN(c2snc(N)c2C(=O)NC2CC2)C1. The average molecular weight is 309 g/mol. The Balaban J connectivity index is 1.81. The molecule has 0 bridgehead atoms. The summed E-state index contributed by atoms with van der Waals surface area (Å²) in [5.74, 6) is -0.378. The van der Waals surface area contributed by atoms with Gasteiger partial charge in [-0.2, -0.15) is 4.37 Å². The van der Waals surface area contributed by atoms with Crippen molar-refractivity contribution < 1.29 is 9.59 Å². The van der Waals surface area contributed by atoms with Gasteiger partial charge in [0.25, 0.3) is 5.91 Å². The van der Waals surface area contributed by atoms with E-state index >= 15 is 0 Å². The van der Waals surface area contributed by atoms with Gasteiger partial charge in [-0.05, 0) is 37.2 Å². The molecule has 2 heterocycles. The molecule has 1 saturated carbocycles. The molecule has 3 rings (SSSR count). The van der Waals surface area contributed by atoms with Gasteiger partial charge in [0.05, 0.1) is 5.92 Å². The van der Waals surface area contributed by atoms with E-state index in [-0.39, 0.29) is 29.6 Å². The van der Waals surface area contributed by atoms with Crippen LogP contribution in [0.4, 0.5) is 10.8 Å². The maximum atomic E-state index is 12.3. The van der Waals surface area contributed by atoms with Gasteiger partial charge in [-0.1, -0.05) is 0 Å². The maximum absolute atomic E-state index is 12.3. The third-order valence-corrected chi connectivity index (χ3v) is 4.87. The highest BCUT2D eigenvalue weighted by atomic mass is 32.1. The topological polar surface area (TPSA) is 114 Å². The van der Waals surface area contributed by atoms with Crippen LogP contribution >= 0.6 is 11.5 Å². The van der Waals surface area contributed by atoms with Gasteiger partial charge >= 0.3 is 0 Å². The second-order valence-corrected chi connectivity index (χ2v) is 6.44. The number of nitrogens with one attached hydrogen (secondary N) is 1. The summed E-state index contributed by atoms with van der Waals surface area (Å²) in [7, 11) is 0. The van der Waals surface area contributed by atoms with Crippen LogP contribution in [-0.4, -0.2) is 35.3 Å². The summed E-state index contributed by atoms with van der Waals surface area (Å²) in [6, 6.07) is 0.268. The summed E-state index contributed by atoms with van der Waals surface area (Å²) in [4.78, 5) is 25.7. The van der Waals surface area contributed by atoms with Crippen molar-refractivity contribution >= 4 is 34.2 Å². The molecule has 2 aliphatic rings. The van der Waals surface area contributed by atoms with E-state index in [9.17, 15) is 9.59 Å². The number of nitrogen functional groups attached to an aromatic ring is 1. The van der Waals surface area contributed by atoms with E-state index in [1.807, 2.05) is 4.90 Å². The van der Waals surface area contributed by atoms with E-state index in [1.165, 1.54) is 11.5 Å². The number of primary amides is 1. The van der Waals surface area contributed by atoms with Crippen molar-refractivity contribution in [2.24, 2.45) is 11.7 Å². The Hall–Kier alpha value is -1.83. The number of hydrogen-bond acceptors (Lipinski definition) is 6. The van der Waals surface area contributed by atoms with E-state index in [4.69, 9.17) is 11.5 Å². The number of nitrogens with zero attached hydrogens (tertiary/aromatic N) is 2. The standard InChI is InChI=1S/C13H19N5O2S/c14-10-9(12(20)16-8-3-4-8)13(21-17-10)18-5-1-2-7(6-18)11(15)19/h7-8H,1-6H2,(H2,14,17)(H2,15,19)(H,16,20). The molecule has 1 aliphatic carbocycles. The molecule has 7 nitrogen and oxygen atoms in total. The van der Waals surface area contributed by atoms with Gasteiger partial charge in [-0.15, -0.1) is 0 Å². The second-order valence-electron chi connectivity index (χ2n) is 5.68. The van der Waals surface area contributed by atoms with Crippen molar-refractivity contribution in [2.45, 2.75) is 31.7 Å². The average Bonchev–Trinajstić information content (AvgIpc) is 3.18. The Kier molecular flexibility index (Phi) is 3.71. The molecular weight excluding hydrogens is 290 g/mol. The summed E-state index contributed by atoms with van der Waals surface area (Å²) in [6.45, 7) is 1.32. The number of anilines is 2. The Morgan fingerprint density at radius 3 is 2.76 bits per heavy atom. The summed E-state index contributed by atoms with van der Waals surface area (Å²) in [6.07, 6.45) is 3.71. The third kappa shape index (κ3) is 2.94. The zero-order chi connectivity index (χ0) is 15.0. The second kappa shape index (κ2) is 5.51. The van der Waals surface area contributed by atoms with Crippen LogP contribution < -0.4 is 21.7 Å². The first-order chi connectivity index (χ1) is 10.1. The van der Waals surface area contributed by atoms with E-state index < -0.39 is 0 Å². The number of carbonyl (C=O) groups is 2. The summed E-state index contributed by atoms with van der Waals surface area (Å²) in [5, 5.41) is 3.69. The highest BCUT2D eigenvalue weighted by Gasteiger charge is 2.31. The minimum Gasteiger partial charge on any atom is -0.382 e. The smallest absolute Gasteiger partial charge is 0.258 e. The fourth-order valence-electron chi connectivity index (χ4n) is 2.60. The summed E-state index contributed by atoms with van der Waals surface area (Å²) >= 11 is 1.21. The van der Waals surface area contributed by atoms with Crippen LogP contribution in [0.2, 0.25) is 0 Å². The predicted octanol–water partition coefficient (Wildman–Crippen LogP) is 0.319. The predicted molar refractivity (Wildman–Crippen MR) is 81.1 cm³/mol. The number of amides is 2. The highest BCUT2D eigenvalue weighted by Crippen LogP contribution is 2.34. The van der Waals surface area contributed by atoms with Gasteiger partial charge < -0.3 is 21.7 Å². The van der Waals surface area contributed by atoms with E-state index in [1.54, 1.807) is 0 Å². The normalized spacial score (nSPS) is 22.1. The Morgan fingerprint density at radius 1 is 1.33 bits per heavy atom. The fraction of sp³-hybridized carbons (Fsp3) is 0.615. The number of piperidine rings is 1. The lowest BCUT2D eigenvalue weighted by atomic mass is 9.97. The van der Waals surface area contributed by atoms with Crippen LogP contribution in [0.15, 0.2) is 0 Å². The molecule has 5 N–H and O–H groups in total. The third-order valence-electron chi connectivity index (χ3n) is 3.95. The van der Waals surface area contributed by atoms with Gasteiger partial charge in [0, 0.05) is 19.1 Å². The molecule has 21 heavy (non-hydrogen) atoms. The highest BCUT2D eigenvalue weighted by molar-refractivity contribution is 7.11. The zero-order valence-electron chi connectivity index (χ0n) is 11.7. The Labute approximate surface area is 126 Å². The molecule has 0 aromatic carbocycles. The van der Waals surface area contributed by atoms with Crippen molar-refractivity contribution in [1.29, 1.82) is 0 Å². The van der Waals surface area contributed by atoms with Crippen LogP contribution in [0.1, 0.15) is 36.0 Å². The number of rotatable bonds is 4. The van der Waals surface area contributed by atoms with Crippen LogP contribution in [0.5, 0.6) is 0 Å². The van der Waals surface area contributed by atoms with Crippen LogP contribution in [0.3, 0.4) is 0 Å². The summed E-state index contributed by atoms with van der Waals surface area (Å²) < 4.78 is 4.11. The van der Waals surface area contributed by atoms with Crippen molar-refractivity contribution in [1.82, 2.24) is 9.69 Å². The van der Waals surface area contributed by atoms with E-state index in [2.05, 4.69) is 9.69 Å². The lowest BCUT2D eigenvalue weighted by Gasteiger charge is -2.32. The Bertz CT molecular complexity index is 569. The van der Waals surface area contributed by atoms with Gasteiger partial charge in [-0.25, -0.2) is 0 Å². The molecule has 1 atom stereocenters. The number of hydrogen-bond donors (Lipinski definition) is 3. The minimum absolute atomic E-state index is 0.167. The number of aromatic nitrogens is 1. The number of nitrogens with two attached hydrogens (primary N) is 2. The molecular formula is C13H19N5O2S. The van der Waals surface area contributed by atoms with Gasteiger partial charge in [0.15, 0.2) is 5.82 Å². The van der Waals surface area contributed by atoms with E-state index in [0.717, 1.165) is 37.2 Å². The van der Waals surface area contributed by atoms with Crippen LogP contribution in [0, 0.1) is 5.92 Å². The lowest BCUT2D eigenvalue weighted by molar-refractivity contribution is -0.122. The lowest BCUT2D eigenvalue weighted by Crippen LogP contribution is -2.41. The molecule has 1 saturated heterocycles. The molecule has 2 amide bonds. The monoisotopic (exact) mass is 309 g/mol.